The fraction of sp³-hybridized carbons (Fsp3) is 0.429. The Morgan fingerprint density at radius 3 is 2.47 bits per heavy atom. The molecule has 1 N–H and O–H groups in total. The molecule has 2 aliphatic rings. The Morgan fingerprint density at radius 2 is 1.79 bits per heavy atom. The predicted molar refractivity (Wildman–Crippen MR) is 141 cm³/mol. The number of methoxy groups -OCH3 is 1. The summed E-state index contributed by atoms with van der Waals surface area (Å²) < 4.78 is 10.8. The van der Waals surface area contributed by atoms with Crippen molar-refractivity contribution < 1.29 is 28.7 Å². The molecule has 0 atom stereocenters. The Morgan fingerprint density at radius 1 is 1.05 bits per heavy atom. The minimum atomic E-state index is -0.529. The van der Waals surface area contributed by atoms with Gasteiger partial charge in [0.05, 0.1) is 12.8 Å². The summed E-state index contributed by atoms with van der Waals surface area (Å²) in [5.41, 5.74) is 1.87. The lowest BCUT2D eigenvalue weighted by Crippen LogP contribution is -2.49. The molecule has 10 heteroatoms. The molecule has 0 spiro atoms. The van der Waals surface area contributed by atoms with Gasteiger partial charge in [0.25, 0.3) is 5.91 Å². The molecular formula is C28H34N4O6. The molecule has 0 aliphatic carbocycles. The van der Waals surface area contributed by atoms with Crippen molar-refractivity contribution in [3.63, 3.8) is 0 Å². The van der Waals surface area contributed by atoms with E-state index in [2.05, 4.69) is 5.32 Å². The molecule has 2 aromatic rings. The summed E-state index contributed by atoms with van der Waals surface area (Å²) in [6.07, 6.45) is 2.37. The van der Waals surface area contributed by atoms with E-state index in [1.54, 1.807) is 30.1 Å². The number of urea groups is 1. The molecular weight excluding hydrogens is 488 g/mol. The van der Waals surface area contributed by atoms with E-state index in [0.717, 1.165) is 24.8 Å². The lowest BCUT2D eigenvalue weighted by molar-refractivity contribution is -0.120. The van der Waals surface area contributed by atoms with Crippen molar-refractivity contribution in [2.45, 2.75) is 32.3 Å². The van der Waals surface area contributed by atoms with Gasteiger partial charge >= 0.3 is 12.1 Å². The Bertz CT molecular complexity index is 1160. The fourth-order valence-corrected chi connectivity index (χ4v) is 4.73. The van der Waals surface area contributed by atoms with Crippen LogP contribution in [0.5, 0.6) is 5.75 Å². The van der Waals surface area contributed by atoms with Crippen molar-refractivity contribution >= 4 is 29.6 Å². The average Bonchev–Trinajstić information content (AvgIpc) is 2.94. The second-order valence-corrected chi connectivity index (χ2v) is 9.63. The van der Waals surface area contributed by atoms with E-state index in [4.69, 9.17) is 9.47 Å². The van der Waals surface area contributed by atoms with E-state index in [-0.39, 0.29) is 37.5 Å². The number of rotatable bonds is 8. The zero-order chi connectivity index (χ0) is 27.1. The van der Waals surface area contributed by atoms with Crippen LogP contribution in [0.3, 0.4) is 0 Å². The predicted octanol–water partition coefficient (Wildman–Crippen LogP) is 3.65. The Balaban J connectivity index is 1.27. The van der Waals surface area contributed by atoms with Crippen molar-refractivity contribution in [1.29, 1.82) is 0 Å². The second-order valence-electron chi connectivity index (χ2n) is 9.63. The smallest absolute Gasteiger partial charge is 0.409 e. The van der Waals surface area contributed by atoms with Crippen LogP contribution in [0.2, 0.25) is 0 Å². The number of benzene rings is 2. The quantitative estimate of drug-likeness (QED) is 0.567. The van der Waals surface area contributed by atoms with Gasteiger partial charge in [-0.05, 0) is 48.9 Å². The molecule has 0 radical (unpaired) electrons. The normalized spacial score (nSPS) is 16.2. The van der Waals surface area contributed by atoms with Crippen molar-refractivity contribution in [2.24, 2.45) is 5.92 Å². The Hall–Kier alpha value is -4.08. The first-order valence-corrected chi connectivity index (χ1v) is 12.9. The Labute approximate surface area is 222 Å². The number of hydrogen-bond acceptors (Lipinski definition) is 6. The molecule has 10 nitrogen and oxygen atoms in total. The van der Waals surface area contributed by atoms with Crippen LogP contribution in [0, 0.1) is 5.92 Å². The average molecular weight is 523 g/mol. The minimum Gasteiger partial charge on any atom is -0.495 e. The minimum absolute atomic E-state index is 0.109. The highest BCUT2D eigenvalue weighted by atomic mass is 16.6. The van der Waals surface area contributed by atoms with E-state index >= 15 is 0 Å². The number of ether oxygens (including phenoxy) is 2. The summed E-state index contributed by atoms with van der Waals surface area (Å²) in [6, 6.07) is 14.1. The van der Waals surface area contributed by atoms with Crippen LogP contribution in [0.15, 0.2) is 48.5 Å². The first-order valence-electron chi connectivity index (χ1n) is 12.9. The van der Waals surface area contributed by atoms with Crippen LogP contribution in [0.25, 0.3) is 0 Å². The van der Waals surface area contributed by atoms with E-state index in [1.165, 1.54) is 12.0 Å². The van der Waals surface area contributed by atoms with Gasteiger partial charge in [0.2, 0.25) is 5.91 Å². The van der Waals surface area contributed by atoms with Crippen LogP contribution in [0.1, 0.15) is 41.6 Å². The lowest BCUT2D eigenvalue weighted by atomic mass is 9.93. The van der Waals surface area contributed by atoms with E-state index < -0.39 is 6.03 Å². The van der Waals surface area contributed by atoms with Gasteiger partial charge in [-0.25, -0.2) is 9.59 Å². The third-order valence-electron chi connectivity index (χ3n) is 7.06. The van der Waals surface area contributed by atoms with Crippen LogP contribution in [0.4, 0.5) is 15.3 Å². The highest BCUT2D eigenvalue weighted by molar-refractivity contribution is 6.07. The van der Waals surface area contributed by atoms with Gasteiger partial charge in [0.15, 0.2) is 0 Å². The van der Waals surface area contributed by atoms with Gasteiger partial charge in [0.1, 0.15) is 12.4 Å². The topological polar surface area (TPSA) is 108 Å². The summed E-state index contributed by atoms with van der Waals surface area (Å²) >= 11 is 0. The molecule has 0 aromatic heterocycles. The summed E-state index contributed by atoms with van der Waals surface area (Å²) in [4.78, 5) is 54.3. The Kier molecular flexibility index (Phi) is 8.83. The zero-order valence-electron chi connectivity index (χ0n) is 21.9. The van der Waals surface area contributed by atoms with Crippen molar-refractivity contribution in [1.82, 2.24) is 15.1 Å². The molecule has 2 aliphatic heterocycles. The molecule has 38 heavy (non-hydrogen) atoms. The highest BCUT2D eigenvalue weighted by Crippen LogP contribution is 2.32. The number of piperidine rings is 1. The van der Waals surface area contributed by atoms with Gasteiger partial charge < -0.3 is 19.3 Å². The van der Waals surface area contributed by atoms with E-state index in [9.17, 15) is 19.2 Å². The van der Waals surface area contributed by atoms with Gasteiger partial charge in [0, 0.05) is 45.2 Å². The number of hydrogen-bond donors (Lipinski definition) is 1. The molecule has 0 bridgehead atoms. The summed E-state index contributed by atoms with van der Waals surface area (Å²) in [5, 5.41) is 2.30. The van der Waals surface area contributed by atoms with Gasteiger partial charge in [-0.2, -0.15) is 0 Å². The number of likely N-dealkylation sites (tertiary alicyclic amines) is 1. The van der Waals surface area contributed by atoms with Crippen LogP contribution in [-0.2, 0) is 16.1 Å². The number of carbonyl (C=O) groups is 4. The van der Waals surface area contributed by atoms with E-state index in [1.807, 2.05) is 35.2 Å². The lowest BCUT2D eigenvalue weighted by Gasteiger charge is -2.33. The van der Waals surface area contributed by atoms with Crippen LogP contribution in [-0.4, -0.2) is 74.1 Å². The number of amides is 5. The molecule has 2 heterocycles. The van der Waals surface area contributed by atoms with E-state index in [0.29, 0.717) is 42.6 Å². The third-order valence-corrected chi connectivity index (χ3v) is 7.06. The maximum Gasteiger partial charge on any atom is 0.409 e. The van der Waals surface area contributed by atoms with Gasteiger partial charge in [-0.15, -0.1) is 0 Å². The fourth-order valence-electron chi connectivity index (χ4n) is 4.73. The van der Waals surface area contributed by atoms with Crippen molar-refractivity contribution in [2.75, 3.05) is 45.2 Å². The maximum absolute atomic E-state index is 13.3. The SMILES string of the molecule is COc1ccc(C(=O)N2CCC(CCN(C)C(=O)OCc3ccccc3)CC2)cc1N1CCC(=O)NC1=O. The van der Waals surface area contributed by atoms with Crippen molar-refractivity contribution in [3.05, 3.63) is 59.7 Å². The standard InChI is InChI=1S/C28H34N4O6/c1-30(28(36)38-19-21-6-4-3-5-7-21)14-10-20-11-15-31(16-12-20)26(34)22-8-9-24(37-2)23(18-22)32-17-13-25(33)29-27(32)35/h3-9,18,20H,10-17,19H2,1-2H3,(H,29,33,35). The third kappa shape index (κ3) is 6.62. The molecule has 2 fully saturated rings. The van der Waals surface area contributed by atoms with Gasteiger partial charge in [-0.3, -0.25) is 19.8 Å². The summed E-state index contributed by atoms with van der Waals surface area (Å²) in [7, 11) is 3.24. The molecule has 2 saturated heterocycles. The maximum atomic E-state index is 13.3. The molecule has 0 unspecified atom stereocenters. The molecule has 0 saturated carbocycles. The monoisotopic (exact) mass is 522 g/mol. The first-order chi connectivity index (χ1) is 18.4. The van der Waals surface area contributed by atoms with Crippen LogP contribution < -0.4 is 15.0 Å². The number of nitrogens with zero attached hydrogens (tertiary/aromatic N) is 3. The molecule has 5 amide bonds. The van der Waals surface area contributed by atoms with Crippen LogP contribution >= 0.6 is 0 Å². The number of imide groups is 1. The summed E-state index contributed by atoms with van der Waals surface area (Å²) in [5.74, 6) is 0.429. The molecule has 4 rings (SSSR count). The molecule has 2 aromatic carbocycles. The first kappa shape index (κ1) is 27.0. The highest BCUT2D eigenvalue weighted by Gasteiger charge is 2.29. The zero-order valence-corrected chi connectivity index (χ0v) is 21.9. The van der Waals surface area contributed by atoms with Gasteiger partial charge in [-0.1, -0.05) is 30.3 Å². The van der Waals surface area contributed by atoms with Crippen molar-refractivity contribution in [3.8, 4) is 5.75 Å². The second kappa shape index (κ2) is 12.4. The number of nitrogens with one attached hydrogen (secondary N) is 1. The summed E-state index contributed by atoms with van der Waals surface area (Å²) in [6.45, 7) is 2.29. The number of anilines is 1. The molecule has 202 valence electrons. The number of carbonyl (C=O) groups excluding carboxylic acids is 4. The largest absolute Gasteiger partial charge is 0.495 e.